The number of hydrogen-bond acceptors (Lipinski definition) is 3. The third-order valence-corrected chi connectivity index (χ3v) is 13.1. The van der Waals surface area contributed by atoms with E-state index in [0.717, 1.165) is 56.4 Å². The summed E-state index contributed by atoms with van der Waals surface area (Å²) in [5.74, 6) is 5.14. The second-order valence-electron chi connectivity index (χ2n) is 18.2. The molecule has 264 valence electrons. The maximum absolute atomic E-state index is 9.72. The van der Waals surface area contributed by atoms with E-state index in [9.17, 15) is 5.41 Å². The molecule has 0 aromatic carbocycles. The summed E-state index contributed by atoms with van der Waals surface area (Å²) in [4.78, 5) is 10.4. The van der Waals surface area contributed by atoms with Crippen molar-refractivity contribution in [3.8, 4) is 0 Å². The Bertz CT molecular complexity index is 973. The van der Waals surface area contributed by atoms with Gasteiger partial charge in [0.25, 0.3) is 0 Å². The van der Waals surface area contributed by atoms with E-state index in [4.69, 9.17) is 5.41 Å². The van der Waals surface area contributed by atoms with Gasteiger partial charge in [-0.15, -0.1) is 0 Å². The summed E-state index contributed by atoms with van der Waals surface area (Å²) in [7, 11) is 0. The maximum Gasteiger partial charge on any atom is 0.194 e. The first kappa shape index (κ1) is 35.8. The third-order valence-electron chi connectivity index (χ3n) is 13.1. The molecule has 2 aliphatic carbocycles. The van der Waals surface area contributed by atoms with Gasteiger partial charge in [-0.25, -0.2) is 0 Å². The van der Waals surface area contributed by atoms with E-state index in [2.05, 4.69) is 73.4 Å². The fourth-order valence-electron chi connectivity index (χ4n) is 9.89. The summed E-state index contributed by atoms with van der Waals surface area (Å²) >= 11 is 0. The van der Waals surface area contributed by atoms with E-state index in [0.29, 0.717) is 47.4 Å². The third kappa shape index (κ3) is 8.94. The normalized spacial score (nSPS) is 31.2. The molecule has 0 aromatic rings. The van der Waals surface area contributed by atoms with Gasteiger partial charge in [0.1, 0.15) is 0 Å². The molecule has 0 spiro atoms. The van der Waals surface area contributed by atoms with Gasteiger partial charge in [-0.1, -0.05) is 80.6 Å². The van der Waals surface area contributed by atoms with Gasteiger partial charge in [-0.3, -0.25) is 15.7 Å². The molecule has 7 nitrogen and oxygen atoms in total. The highest BCUT2D eigenvalue weighted by atomic mass is 15.5. The number of nitrogens with one attached hydrogen (secondary N) is 3. The van der Waals surface area contributed by atoms with Crippen LogP contribution in [0.15, 0.2) is 0 Å². The summed E-state index contributed by atoms with van der Waals surface area (Å²) in [5.41, 5.74) is 0.420. The Hall–Kier alpha value is -1.50. The van der Waals surface area contributed by atoms with E-state index in [1.165, 1.54) is 96.4 Å². The average molecular weight is 640 g/mol. The van der Waals surface area contributed by atoms with E-state index in [1.54, 1.807) is 0 Å². The molecule has 3 N–H and O–H groups in total. The molecular weight excluding hydrogens is 566 g/mol. The highest BCUT2D eigenvalue weighted by Gasteiger charge is 2.43. The summed E-state index contributed by atoms with van der Waals surface area (Å²) in [5, 5.41) is 21.8. The number of likely N-dealkylation sites (tertiary alicyclic amines) is 1. The Morgan fingerprint density at radius 1 is 0.804 bits per heavy atom. The highest BCUT2D eigenvalue weighted by molar-refractivity contribution is 5.80. The first-order valence-electron chi connectivity index (χ1n) is 19.9. The lowest BCUT2D eigenvalue weighted by Gasteiger charge is -2.40. The van der Waals surface area contributed by atoms with Crippen molar-refractivity contribution in [2.75, 3.05) is 39.3 Å². The average Bonchev–Trinajstić information content (AvgIpc) is 3.70. The lowest BCUT2D eigenvalue weighted by Crippen LogP contribution is -2.51. The van der Waals surface area contributed by atoms with E-state index in [-0.39, 0.29) is 0 Å². The van der Waals surface area contributed by atoms with Crippen LogP contribution in [0.5, 0.6) is 0 Å². The second kappa shape index (κ2) is 15.8. The van der Waals surface area contributed by atoms with Gasteiger partial charge in [0.15, 0.2) is 11.9 Å². The zero-order valence-electron chi connectivity index (χ0n) is 31.1. The van der Waals surface area contributed by atoms with Crippen molar-refractivity contribution in [1.29, 1.82) is 10.8 Å². The van der Waals surface area contributed by atoms with Crippen molar-refractivity contribution in [2.24, 2.45) is 35.0 Å². The molecule has 3 saturated heterocycles. The topological polar surface area (TPSA) is 72.7 Å². The van der Waals surface area contributed by atoms with Crippen LogP contribution in [0.3, 0.4) is 0 Å². The molecule has 3 heterocycles. The maximum atomic E-state index is 9.72. The van der Waals surface area contributed by atoms with Crippen LogP contribution in [0.4, 0.5) is 0 Å². The van der Waals surface area contributed by atoms with Gasteiger partial charge < -0.3 is 20.0 Å². The van der Waals surface area contributed by atoms with E-state index < -0.39 is 0 Å². The van der Waals surface area contributed by atoms with Gasteiger partial charge in [0.05, 0.1) is 6.04 Å². The fraction of sp³-hybridized carbons (Fsp3) is 0.949. The standard InChI is InChI=1S/C39H73N7/c1-28(2)15-20-33-23-42-37(40)44(33)26-34-14-11-21-43(34)25-35(22-30-12-9-8-10-13-30)45-27-36(29(3)4)46(38(45)41)24-31-16-18-32(19-17-31)39(5,6)7/h28-36,41H,8-27H2,1-7H3,(H2,40,42)/t31?,32?,33-,34+,35-,36+/m1/s1. The van der Waals surface area contributed by atoms with E-state index >= 15 is 0 Å². The van der Waals surface area contributed by atoms with Gasteiger partial charge >= 0.3 is 0 Å². The summed E-state index contributed by atoms with van der Waals surface area (Å²) < 4.78 is 0. The smallest absolute Gasteiger partial charge is 0.194 e. The summed E-state index contributed by atoms with van der Waals surface area (Å²) in [6.45, 7) is 23.0. The zero-order chi connectivity index (χ0) is 33.0. The molecule has 0 amide bonds. The molecule has 5 fully saturated rings. The van der Waals surface area contributed by atoms with Crippen molar-refractivity contribution in [3.05, 3.63) is 0 Å². The monoisotopic (exact) mass is 640 g/mol. The van der Waals surface area contributed by atoms with Crippen LogP contribution in [0.1, 0.15) is 138 Å². The van der Waals surface area contributed by atoms with Crippen LogP contribution >= 0.6 is 0 Å². The molecule has 4 atom stereocenters. The molecule has 2 saturated carbocycles. The number of rotatable bonds is 13. The van der Waals surface area contributed by atoms with E-state index in [1.807, 2.05) is 0 Å². The highest BCUT2D eigenvalue weighted by Crippen LogP contribution is 2.41. The van der Waals surface area contributed by atoms with Crippen LogP contribution in [0.2, 0.25) is 0 Å². The SMILES string of the molecule is CC(C)CC[C@@H]1CNC(=N)N1C[C@@H]1CCCN1C[C@@H](CC1CCCCC1)N1C[C@@H](C(C)C)N(CC2CCC(C(C)(C)C)CC2)C1=N. The first-order chi connectivity index (χ1) is 21.9. The van der Waals surface area contributed by atoms with Gasteiger partial charge in [-0.2, -0.15) is 0 Å². The van der Waals surface area contributed by atoms with Crippen LogP contribution in [-0.4, -0.2) is 95.0 Å². The summed E-state index contributed by atoms with van der Waals surface area (Å²) in [6.07, 6.45) is 18.5. The second-order valence-corrected chi connectivity index (χ2v) is 18.2. The minimum absolute atomic E-state index is 0.420. The Labute approximate surface area is 284 Å². The minimum Gasteiger partial charge on any atom is -0.354 e. The molecule has 5 rings (SSSR count). The Morgan fingerprint density at radius 3 is 2.17 bits per heavy atom. The minimum atomic E-state index is 0.420. The Kier molecular flexibility index (Phi) is 12.3. The molecule has 0 aromatic heterocycles. The lowest BCUT2D eigenvalue weighted by atomic mass is 9.70. The first-order valence-corrected chi connectivity index (χ1v) is 19.9. The number of guanidine groups is 2. The molecule has 0 unspecified atom stereocenters. The quantitative estimate of drug-likeness (QED) is 0.191. The Balaban J connectivity index is 1.28. The molecule has 5 aliphatic rings. The lowest BCUT2D eigenvalue weighted by molar-refractivity contribution is 0.129. The molecule has 3 aliphatic heterocycles. The van der Waals surface area contributed by atoms with Crippen molar-refractivity contribution in [2.45, 2.75) is 163 Å². The largest absolute Gasteiger partial charge is 0.354 e. The van der Waals surface area contributed by atoms with Crippen LogP contribution in [-0.2, 0) is 0 Å². The van der Waals surface area contributed by atoms with Crippen LogP contribution < -0.4 is 5.32 Å². The van der Waals surface area contributed by atoms with Crippen molar-refractivity contribution < 1.29 is 0 Å². The number of hydrogen-bond donors (Lipinski definition) is 3. The molecular formula is C39H73N7. The van der Waals surface area contributed by atoms with Gasteiger partial charge in [-0.05, 0) is 99.3 Å². The predicted molar refractivity (Wildman–Crippen MR) is 195 cm³/mol. The predicted octanol–water partition coefficient (Wildman–Crippen LogP) is 7.86. The van der Waals surface area contributed by atoms with Crippen LogP contribution in [0, 0.1) is 45.8 Å². The Morgan fingerprint density at radius 2 is 1.52 bits per heavy atom. The molecule has 0 bridgehead atoms. The molecule has 0 radical (unpaired) electrons. The summed E-state index contributed by atoms with van der Waals surface area (Å²) in [6, 6.07) is 1.85. The van der Waals surface area contributed by atoms with Crippen molar-refractivity contribution in [1.82, 2.24) is 24.9 Å². The van der Waals surface area contributed by atoms with Crippen LogP contribution in [0.25, 0.3) is 0 Å². The van der Waals surface area contributed by atoms with Gasteiger partial charge in [0.2, 0.25) is 0 Å². The zero-order valence-corrected chi connectivity index (χ0v) is 31.1. The molecule has 46 heavy (non-hydrogen) atoms. The van der Waals surface area contributed by atoms with Crippen molar-refractivity contribution >= 4 is 11.9 Å². The fourth-order valence-corrected chi connectivity index (χ4v) is 9.89. The molecule has 7 heteroatoms. The van der Waals surface area contributed by atoms with Crippen molar-refractivity contribution in [3.63, 3.8) is 0 Å². The number of nitrogens with zero attached hydrogens (tertiary/aromatic N) is 4. The van der Waals surface area contributed by atoms with Gasteiger partial charge in [0, 0.05) is 50.8 Å².